The third-order valence-corrected chi connectivity index (χ3v) is 1.82. The van der Waals surface area contributed by atoms with Gasteiger partial charge in [-0.05, 0) is 6.92 Å². The molecule has 0 saturated carbocycles. The number of hydrogen-bond donors (Lipinski definition) is 2. The lowest BCUT2D eigenvalue weighted by molar-refractivity contribution is -0.143. The lowest BCUT2D eigenvalue weighted by Gasteiger charge is -2.13. The van der Waals surface area contributed by atoms with Gasteiger partial charge in [-0.2, -0.15) is 0 Å². The summed E-state index contributed by atoms with van der Waals surface area (Å²) in [7, 11) is -1.43. The van der Waals surface area contributed by atoms with E-state index >= 15 is 0 Å². The molecule has 0 saturated heterocycles. The van der Waals surface area contributed by atoms with Gasteiger partial charge in [-0.25, -0.2) is 0 Å². The van der Waals surface area contributed by atoms with Crippen molar-refractivity contribution in [1.29, 1.82) is 0 Å². The average molecular weight is 188 g/mol. The predicted octanol–water partition coefficient (Wildman–Crippen LogP) is 0.583. The smallest absolute Gasteiger partial charge is 0.455 e. The number of hydrogen-bond acceptors (Lipinski definition) is 4. The monoisotopic (exact) mass is 188 g/mol. The van der Waals surface area contributed by atoms with E-state index in [1.165, 1.54) is 0 Å². The molecule has 1 unspecified atom stereocenters. The Balaban J connectivity index is 3.86. The predicted molar refractivity (Wildman–Crippen MR) is 50.1 cm³/mol. The second-order valence-corrected chi connectivity index (χ2v) is 2.97. The van der Waals surface area contributed by atoms with Gasteiger partial charge in [0.2, 0.25) is 0 Å². The molecule has 0 radical (unpaired) electrons. The van der Waals surface area contributed by atoms with E-state index in [2.05, 4.69) is 0 Å². The first-order valence-corrected chi connectivity index (χ1v) is 4.63. The van der Waals surface area contributed by atoms with Crippen LogP contribution in [0.2, 0.25) is 5.82 Å². The first-order valence-electron chi connectivity index (χ1n) is 4.63. The topological polar surface area (TPSA) is 66.8 Å². The molecule has 1 atom stereocenters. The lowest BCUT2D eigenvalue weighted by Crippen LogP contribution is -2.23. The molecule has 4 nitrogen and oxygen atoms in total. The molecule has 0 bridgehead atoms. The van der Waals surface area contributed by atoms with Crippen LogP contribution >= 0.6 is 0 Å². The van der Waals surface area contributed by atoms with E-state index in [0.29, 0.717) is 13.0 Å². The summed E-state index contributed by atoms with van der Waals surface area (Å²) in [5, 5.41) is 17.8. The van der Waals surface area contributed by atoms with E-state index in [0.717, 1.165) is 6.42 Å². The Labute approximate surface area is 79.0 Å². The van der Waals surface area contributed by atoms with Crippen molar-refractivity contribution in [2.45, 2.75) is 38.9 Å². The summed E-state index contributed by atoms with van der Waals surface area (Å²) in [6.07, 6.45) is 1.53. The molecule has 0 aliphatic heterocycles. The van der Waals surface area contributed by atoms with Crippen molar-refractivity contribution in [1.82, 2.24) is 0 Å². The first kappa shape index (κ1) is 12.5. The zero-order valence-corrected chi connectivity index (χ0v) is 8.19. The van der Waals surface area contributed by atoms with Gasteiger partial charge in [0.05, 0.1) is 6.61 Å². The van der Waals surface area contributed by atoms with E-state index in [-0.39, 0.29) is 12.4 Å². The average Bonchev–Trinajstić information content (AvgIpc) is 2.04. The van der Waals surface area contributed by atoms with Crippen LogP contribution in [0.15, 0.2) is 0 Å². The molecule has 76 valence electrons. The summed E-state index contributed by atoms with van der Waals surface area (Å²) < 4.78 is 4.71. The highest BCUT2D eigenvalue weighted by Gasteiger charge is 2.25. The van der Waals surface area contributed by atoms with Crippen LogP contribution in [0, 0.1) is 0 Å². The number of esters is 1. The summed E-state index contributed by atoms with van der Waals surface area (Å²) in [4.78, 5) is 11.0. The molecule has 0 aliphatic rings. The Morgan fingerprint density at radius 2 is 2.08 bits per heavy atom. The minimum Gasteiger partial charge on any atom is -0.466 e. The first-order chi connectivity index (χ1) is 6.11. The molecule has 0 aromatic heterocycles. The van der Waals surface area contributed by atoms with Crippen molar-refractivity contribution in [2.24, 2.45) is 0 Å². The van der Waals surface area contributed by atoms with Gasteiger partial charge in [-0.3, -0.25) is 4.79 Å². The quantitative estimate of drug-likeness (QED) is 0.472. The van der Waals surface area contributed by atoms with Crippen LogP contribution in [0.25, 0.3) is 0 Å². The molecular weight excluding hydrogens is 171 g/mol. The van der Waals surface area contributed by atoms with Crippen molar-refractivity contribution >= 4 is 13.1 Å². The maximum Gasteiger partial charge on any atom is 0.455 e. The number of rotatable bonds is 6. The van der Waals surface area contributed by atoms with E-state index in [1.54, 1.807) is 6.92 Å². The lowest BCUT2D eigenvalue weighted by atomic mass is 9.68. The van der Waals surface area contributed by atoms with Crippen LogP contribution in [0.4, 0.5) is 0 Å². The molecule has 0 aliphatic carbocycles. The van der Waals surface area contributed by atoms with Crippen molar-refractivity contribution in [3.63, 3.8) is 0 Å². The highest BCUT2D eigenvalue weighted by molar-refractivity contribution is 6.43. The SMILES string of the molecule is CCCC(CC(=O)OCC)B(O)O. The van der Waals surface area contributed by atoms with Gasteiger partial charge in [0.15, 0.2) is 0 Å². The highest BCUT2D eigenvalue weighted by Crippen LogP contribution is 2.19. The van der Waals surface area contributed by atoms with Crippen molar-refractivity contribution in [2.75, 3.05) is 6.61 Å². The fourth-order valence-electron chi connectivity index (χ4n) is 1.16. The zero-order valence-electron chi connectivity index (χ0n) is 8.19. The largest absolute Gasteiger partial charge is 0.466 e. The Kier molecular flexibility index (Phi) is 6.63. The standard InChI is InChI=1S/C8H17BO4/c1-3-5-7(9(11)12)6-8(10)13-4-2/h7,11-12H,3-6H2,1-2H3. The van der Waals surface area contributed by atoms with Gasteiger partial charge in [0, 0.05) is 12.2 Å². The minimum atomic E-state index is -1.43. The fourth-order valence-corrected chi connectivity index (χ4v) is 1.16. The van der Waals surface area contributed by atoms with E-state index in [1.807, 2.05) is 6.92 Å². The second kappa shape index (κ2) is 6.92. The van der Waals surface area contributed by atoms with Crippen LogP contribution < -0.4 is 0 Å². The number of carbonyl (C=O) groups excluding carboxylic acids is 1. The van der Waals surface area contributed by atoms with Gasteiger partial charge < -0.3 is 14.8 Å². The summed E-state index contributed by atoms with van der Waals surface area (Å²) >= 11 is 0. The van der Waals surface area contributed by atoms with Crippen molar-refractivity contribution in [3.05, 3.63) is 0 Å². The minimum absolute atomic E-state index is 0.0827. The van der Waals surface area contributed by atoms with Crippen LogP contribution in [0.1, 0.15) is 33.1 Å². The summed E-state index contributed by atoms with van der Waals surface area (Å²) in [6, 6.07) is 0. The van der Waals surface area contributed by atoms with Gasteiger partial charge in [-0.1, -0.05) is 19.8 Å². The Morgan fingerprint density at radius 3 is 2.46 bits per heavy atom. The molecule has 0 spiro atoms. The molecule has 13 heavy (non-hydrogen) atoms. The maximum atomic E-state index is 11.0. The molecule has 0 heterocycles. The summed E-state index contributed by atoms with van der Waals surface area (Å²) in [6.45, 7) is 3.99. The molecule has 0 aromatic rings. The zero-order chi connectivity index (χ0) is 10.3. The summed E-state index contributed by atoms with van der Waals surface area (Å²) in [5.41, 5.74) is 0. The third kappa shape index (κ3) is 5.66. The summed E-state index contributed by atoms with van der Waals surface area (Å²) in [5.74, 6) is -0.766. The van der Waals surface area contributed by atoms with E-state index in [9.17, 15) is 4.79 Å². The van der Waals surface area contributed by atoms with Crippen LogP contribution in [0.3, 0.4) is 0 Å². The molecule has 0 rings (SSSR count). The molecule has 5 heteroatoms. The van der Waals surface area contributed by atoms with Crippen LogP contribution in [-0.2, 0) is 9.53 Å². The normalized spacial score (nSPS) is 12.3. The van der Waals surface area contributed by atoms with Crippen LogP contribution in [0.5, 0.6) is 0 Å². The van der Waals surface area contributed by atoms with Gasteiger partial charge >= 0.3 is 13.1 Å². The van der Waals surface area contributed by atoms with Gasteiger partial charge in [-0.15, -0.1) is 0 Å². The van der Waals surface area contributed by atoms with Crippen LogP contribution in [-0.4, -0.2) is 29.7 Å². The number of carbonyl (C=O) groups is 1. The van der Waals surface area contributed by atoms with E-state index in [4.69, 9.17) is 14.8 Å². The van der Waals surface area contributed by atoms with Gasteiger partial charge in [0.1, 0.15) is 0 Å². The Morgan fingerprint density at radius 1 is 1.46 bits per heavy atom. The Bertz CT molecular complexity index is 149. The maximum absolute atomic E-state index is 11.0. The second-order valence-electron chi connectivity index (χ2n) is 2.97. The van der Waals surface area contributed by atoms with Gasteiger partial charge in [0.25, 0.3) is 0 Å². The highest BCUT2D eigenvalue weighted by atomic mass is 16.5. The van der Waals surface area contributed by atoms with Crippen molar-refractivity contribution in [3.8, 4) is 0 Å². The van der Waals surface area contributed by atoms with E-state index < -0.39 is 12.9 Å². The fraction of sp³-hybridized carbons (Fsp3) is 0.875. The molecular formula is C8H17BO4. The Hall–Kier alpha value is -0.545. The molecule has 0 fully saturated rings. The molecule has 2 N–H and O–H groups in total. The third-order valence-electron chi connectivity index (χ3n) is 1.82. The number of ether oxygens (including phenoxy) is 1. The molecule has 0 aromatic carbocycles. The molecule has 0 amide bonds. The van der Waals surface area contributed by atoms with Crippen molar-refractivity contribution < 1.29 is 19.6 Å².